The summed E-state index contributed by atoms with van der Waals surface area (Å²) in [5.74, 6) is 0.315. The third-order valence-corrected chi connectivity index (χ3v) is 4.37. The van der Waals surface area contributed by atoms with E-state index in [0.717, 1.165) is 5.56 Å². The number of carbonyl (C=O) groups is 3. The van der Waals surface area contributed by atoms with Crippen molar-refractivity contribution in [3.63, 3.8) is 0 Å². The zero-order valence-electron chi connectivity index (χ0n) is 18.8. The largest absolute Gasteiger partial charge is 0.493 e. The van der Waals surface area contributed by atoms with Gasteiger partial charge < -0.3 is 24.3 Å². The van der Waals surface area contributed by atoms with Gasteiger partial charge in [-0.1, -0.05) is 6.07 Å². The minimum Gasteiger partial charge on any atom is -0.493 e. The van der Waals surface area contributed by atoms with E-state index in [-0.39, 0.29) is 13.0 Å². The van der Waals surface area contributed by atoms with E-state index >= 15 is 0 Å². The maximum Gasteiger partial charge on any atom is 0.343 e. The topological polar surface area (TPSA) is 125 Å². The van der Waals surface area contributed by atoms with Crippen LogP contribution in [0.25, 0.3) is 0 Å². The van der Waals surface area contributed by atoms with Crippen molar-refractivity contribution in [1.82, 2.24) is 10.7 Å². The Morgan fingerprint density at radius 2 is 1.67 bits per heavy atom. The van der Waals surface area contributed by atoms with Crippen LogP contribution < -0.4 is 25.0 Å². The Morgan fingerprint density at radius 3 is 2.33 bits per heavy atom. The lowest BCUT2D eigenvalue weighted by atomic mass is 10.1. The van der Waals surface area contributed by atoms with E-state index in [1.807, 2.05) is 12.1 Å². The molecule has 0 aliphatic heterocycles. The number of hydrogen-bond donors (Lipinski definition) is 2. The van der Waals surface area contributed by atoms with E-state index in [2.05, 4.69) is 20.6 Å². The summed E-state index contributed by atoms with van der Waals surface area (Å²) in [5, 5.41) is 6.53. The molecule has 0 atom stereocenters. The smallest absolute Gasteiger partial charge is 0.343 e. The van der Waals surface area contributed by atoms with E-state index in [4.69, 9.17) is 14.2 Å². The molecule has 0 aliphatic rings. The second-order valence-electron chi connectivity index (χ2n) is 6.69. The first-order valence-corrected chi connectivity index (χ1v) is 10.0. The van der Waals surface area contributed by atoms with Crippen LogP contribution in [0.15, 0.2) is 47.6 Å². The van der Waals surface area contributed by atoms with Crippen LogP contribution >= 0.6 is 0 Å². The molecule has 0 radical (unpaired) electrons. The summed E-state index contributed by atoms with van der Waals surface area (Å²) in [5.41, 5.74) is 3.96. The molecule has 0 bridgehead atoms. The quantitative estimate of drug-likeness (QED) is 0.214. The van der Waals surface area contributed by atoms with Gasteiger partial charge in [0.2, 0.25) is 11.8 Å². The molecule has 0 spiro atoms. The molecule has 10 heteroatoms. The fourth-order valence-electron chi connectivity index (χ4n) is 2.66. The van der Waals surface area contributed by atoms with Crippen LogP contribution in [0.4, 0.5) is 0 Å². The zero-order chi connectivity index (χ0) is 24.1. The molecule has 0 aromatic heterocycles. The first-order valence-electron chi connectivity index (χ1n) is 10.0. The molecular formula is C23H27N3O7. The molecule has 2 aromatic carbocycles. The zero-order valence-corrected chi connectivity index (χ0v) is 18.8. The van der Waals surface area contributed by atoms with Gasteiger partial charge in [-0.05, 0) is 53.9 Å². The van der Waals surface area contributed by atoms with Crippen molar-refractivity contribution < 1.29 is 33.3 Å². The number of carbonyl (C=O) groups excluding carboxylic acids is 3. The Bertz CT molecular complexity index is 975. The van der Waals surface area contributed by atoms with Gasteiger partial charge in [0, 0.05) is 6.54 Å². The number of methoxy groups -OCH3 is 3. The van der Waals surface area contributed by atoms with Gasteiger partial charge in [-0.2, -0.15) is 5.10 Å². The molecule has 2 rings (SSSR count). The monoisotopic (exact) mass is 457 g/mol. The van der Waals surface area contributed by atoms with Gasteiger partial charge in [-0.25, -0.2) is 10.2 Å². The summed E-state index contributed by atoms with van der Waals surface area (Å²) in [6, 6.07) is 12.2. The van der Waals surface area contributed by atoms with Crippen molar-refractivity contribution in [2.45, 2.75) is 12.8 Å². The molecule has 0 heterocycles. The third kappa shape index (κ3) is 8.90. The maximum absolute atomic E-state index is 12.0. The Kier molecular flexibility index (Phi) is 10.2. The number of hydrazone groups is 1. The van der Waals surface area contributed by atoms with Crippen molar-refractivity contribution in [2.75, 3.05) is 34.5 Å². The summed E-state index contributed by atoms with van der Waals surface area (Å²) < 4.78 is 20.2. The van der Waals surface area contributed by atoms with Gasteiger partial charge >= 0.3 is 5.97 Å². The highest BCUT2D eigenvalue weighted by Gasteiger charge is 2.09. The number of rotatable bonds is 12. The first-order chi connectivity index (χ1) is 15.9. The van der Waals surface area contributed by atoms with Crippen molar-refractivity contribution in [3.8, 4) is 17.2 Å². The highest BCUT2D eigenvalue weighted by molar-refractivity contribution is 5.97. The van der Waals surface area contributed by atoms with Gasteiger partial charge in [0.1, 0.15) is 12.2 Å². The van der Waals surface area contributed by atoms with Crippen molar-refractivity contribution in [2.24, 2.45) is 5.10 Å². The number of nitrogens with zero attached hydrogens (tertiary/aromatic N) is 1. The maximum atomic E-state index is 12.0. The lowest BCUT2D eigenvalue weighted by Crippen LogP contribution is -2.31. The highest BCUT2D eigenvalue weighted by atomic mass is 16.6. The average Bonchev–Trinajstić information content (AvgIpc) is 2.83. The Balaban J connectivity index is 1.70. The second kappa shape index (κ2) is 13.4. The van der Waals surface area contributed by atoms with Crippen molar-refractivity contribution in [1.29, 1.82) is 0 Å². The summed E-state index contributed by atoms with van der Waals surface area (Å²) >= 11 is 0. The highest BCUT2D eigenvalue weighted by Crippen LogP contribution is 2.27. The summed E-state index contributed by atoms with van der Waals surface area (Å²) in [4.78, 5) is 34.9. The molecule has 176 valence electrons. The van der Waals surface area contributed by atoms with Crippen LogP contribution in [0.2, 0.25) is 0 Å². The second-order valence-corrected chi connectivity index (χ2v) is 6.69. The van der Waals surface area contributed by atoms with Gasteiger partial charge in [-0.15, -0.1) is 0 Å². The lowest BCUT2D eigenvalue weighted by Gasteiger charge is -2.10. The fraction of sp³-hybridized carbons (Fsp3) is 0.304. The molecule has 0 saturated heterocycles. The van der Waals surface area contributed by atoms with E-state index in [1.165, 1.54) is 13.3 Å². The normalized spacial score (nSPS) is 10.4. The minimum absolute atomic E-state index is 0.184. The molecule has 2 N–H and O–H groups in total. The van der Waals surface area contributed by atoms with Gasteiger partial charge in [0.15, 0.2) is 18.1 Å². The predicted octanol–water partition coefficient (Wildman–Crippen LogP) is 1.45. The Labute approximate surface area is 191 Å². The molecule has 0 saturated carbocycles. The van der Waals surface area contributed by atoms with E-state index in [1.54, 1.807) is 44.6 Å². The molecule has 2 aromatic rings. The molecule has 0 aliphatic carbocycles. The van der Waals surface area contributed by atoms with Crippen LogP contribution in [-0.4, -0.2) is 58.5 Å². The van der Waals surface area contributed by atoms with Crippen LogP contribution in [0.1, 0.15) is 17.5 Å². The molecule has 2 amide bonds. The van der Waals surface area contributed by atoms with Crippen LogP contribution in [0, 0.1) is 0 Å². The third-order valence-electron chi connectivity index (χ3n) is 4.37. The molecular weight excluding hydrogens is 430 g/mol. The van der Waals surface area contributed by atoms with E-state index in [0.29, 0.717) is 35.8 Å². The summed E-state index contributed by atoms with van der Waals surface area (Å²) in [6.07, 6.45) is 1.66. The molecule has 0 unspecified atom stereocenters. The van der Waals surface area contributed by atoms with Gasteiger partial charge in [-0.3, -0.25) is 9.59 Å². The number of amides is 2. The fourth-order valence-corrected chi connectivity index (χ4v) is 2.66. The first kappa shape index (κ1) is 25.2. The number of benzene rings is 2. The lowest BCUT2D eigenvalue weighted by molar-refractivity contribution is -0.143. The molecule has 0 fully saturated rings. The number of ether oxygens (including phenoxy) is 4. The predicted molar refractivity (Wildman–Crippen MR) is 121 cm³/mol. The number of esters is 1. The molecule has 33 heavy (non-hydrogen) atoms. The van der Waals surface area contributed by atoms with Gasteiger partial charge in [0.05, 0.1) is 27.5 Å². The summed E-state index contributed by atoms with van der Waals surface area (Å²) in [6.45, 7) is 0.186. The van der Waals surface area contributed by atoms with E-state index < -0.39 is 17.8 Å². The SMILES string of the molecule is COC(=O)COc1ccc(/C=N/NC(=O)CC(=O)NCCc2ccc(OC)c(OC)c2)cc1. The van der Waals surface area contributed by atoms with Crippen LogP contribution in [-0.2, 0) is 25.5 Å². The standard InChI is InChI=1S/C23H27N3O7/c1-30-19-9-6-16(12-20(19)31-2)10-11-24-21(27)13-22(28)26-25-14-17-4-7-18(8-5-17)33-15-23(29)32-3/h4-9,12,14H,10-11,13,15H2,1-3H3,(H,24,27)(H,26,28)/b25-14+. The minimum atomic E-state index is -0.534. The number of hydrogen-bond acceptors (Lipinski definition) is 8. The number of nitrogens with one attached hydrogen (secondary N) is 2. The van der Waals surface area contributed by atoms with Crippen LogP contribution in [0.5, 0.6) is 17.2 Å². The van der Waals surface area contributed by atoms with Crippen molar-refractivity contribution in [3.05, 3.63) is 53.6 Å². The Hall–Kier alpha value is -4.08. The molecule has 10 nitrogen and oxygen atoms in total. The van der Waals surface area contributed by atoms with E-state index in [9.17, 15) is 14.4 Å². The van der Waals surface area contributed by atoms with Crippen LogP contribution in [0.3, 0.4) is 0 Å². The van der Waals surface area contributed by atoms with Gasteiger partial charge in [0.25, 0.3) is 0 Å². The van der Waals surface area contributed by atoms with Crippen molar-refractivity contribution >= 4 is 24.0 Å². The average molecular weight is 457 g/mol. The Morgan fingerprint density at radius 1 is 0.939 bits per heavy atom. The summed E-state index contributed by atoms with van der Waals surface area (Å²) in [7, 11) is 4.40.